The van der Waals surface area contributed by atoms with Crippen molar-refractivity contribution >= 4 is 32.1 Å². The molecule has 0 amide bonds. The summed E-state index contributed by atoms with van der Waals surface area (Å²) >= 11 is 0. The van der Waals surface area contributed by atoms with E-state index in [2.05, 4.69) is 27.4 Å². The maximum absolute atomic E-state index is 15.8. The van der Waals surface area contributed by atoms with Gasteiger partial charge in [0.15, 0.2) is 15.7 Å². The van der Waals surface area contributed by atoms with Crippen LogP contribution in [0.25, 0.3) is 10.9 Å². The number of fused-ring (bicyclic) bond motifs is 2. The van der Waals surface area contributed by atoms with Gasteiger partial charge in [0.25, 0.3) is 0 Å². The Bertz CT molecular complexity index is 1600. The summed E-state index contributed by atoms with van der Waals surface area (Å²) in [5.41, 5.74) is 1.30. The largest absolute Gasteiger partial charge is 0.491 e. The molecule has 0 spiro atoms. The van der Waals surface area contributed by atoms with Crippen LogP contribution in [0.4, 0.5) is 28.9 Å². The zero-order valence-corrected chi connectivity index (χ0v) is 23.0. The first-order valence-electron chi connectivity index (χ1n) is 13.0. The zero-order valence-electron chi connectivity index (χ0n) is 22.2. The standard InChI is InChI=1S/C28H30F4N4O3S/c1-35-14-10-18(11-15-35)34-20-5-3-6-22-25(20)26(29)23(36(22)17-28(30,31)32)7-4-13-33-21-8-9-24(40(2,37)38)19-12-16-39-27(19)21/h3,5-6,8-9,18,33-34H,10-17H2,1-2H3. The number of sulfone groups is 1. The van der Waals surface area contributed by atoms with Crippen molar-refractivity contribution in [1.29, 1.82) is 0 Å². The maximum Gasteiger partial charge on any atom is 0.406 e. The van der Waals surface area contributed by atoms with E-state index in [1.165, 1.54) is 12.1 Å². The molecule has 0 radical (unpaired) electrons. The first-order valence-corrected chi connectivity index (χ1v) is 14.9. The van der Waals surface area contributed by atoms with Gasteiger partial charge in [0, 0.05) is 30.0 Å². The monoisotopic (exact) mass is 578 g/mol. The van der Waals surface area contributed by atoms with Crippen LogP contribution >= 0.6 is 0 Å². The fourth-order valence-corrected chi connectivity index (χ4v) is 6.29. The molecule has 0 unspecified atom stereocenters. The smallest absolute Gasteiger partial charge is 0.406 e. The lowest BCUT2D eigenvalue weighted by Gasteiger charge is -2.30. The van der Waals surface area contributed by atoms with E-state index >= 15 is 4.39 Å². The molecule has 7 nitrogen and oxygen atoms in total. The van der Waals surface area contributed by atoms with Crippen molar-refractivity contribution in [2.24, 2.45) is 0 Å². The van der Waals surface area contributed by atoms with Crippen LogP contribution in [-0.2, 0) is 22.8 Å². The molecule has 2 N–H and O–H groups in total. The number of ether oxygens (including phenoxy) is 1. The fraction of sp³-hybridized carbons (Fsp3) is 0.429. The van der Waals surface area contributed by atoms with Crippen LogP contribution in [-0.4, -0.2) is 69.6 Å². The third-order valence-corrected chi connectivity index (χ3v) is 8.42. The van der Waals surface area contributed by atoms with Crippen LogP contribution in [0.15, 0.2) is 35.2 Å². The maximum atomic E-state index is 15.8. The number of nitrogens with zero attached hydrogens (tertiary/aromatic N) is 2. The minimum Gasteiger partial charge on any atom is -0.491 e. The minimum absolute atomic E-state index is 0.0261. The summed E-state index contributed by atoms with van der Waals surface area (Å²) in [6.45, 7) is 0.678. The first-order chi connectivity index (χ1) is 18.9. The normalized spacial score (nSPS) is 16.4. The number of benzene rings is 2. The summed E-state index contributed by atoms with van der Waals surface area (Å²) in [6, 6.07) is 7.90. The van der Waals surface area contributed by atoms with Crippen LogP contribution in [0.5, 0.6) is 5.75 Å². The lowest BCUT2D eigenvalue weighted by molar-refractivity contribution is -0.140. The first kappa shape index (κ1) is 28.1. The van der Waals surface area contributed by atoms with Gasteiger partial charge in [-0.2, -0.15) is 13.2 Å². The Hall–Kier alpha value is -3.43. The van der Waals surface area contributed by atoms with Crippen molar-refractivity contribution < 1.29 is 30.7 Å². The van der Waals surface area contributed by atoms with Crippen LogP contribution in [0, 0.1) is 17.7 Å². The van der Waals surface area contributed by atoms with E-state index < -0.39 is 28.4 Å². The zero-order chi connectivity index (χ0) is 28.7. The molecule has 2 aliphatic rings. The van der Waals surface area contributed by atoms with Gasteiger partial charge >= 0.3 is 6.18 Å². The highest BCUT2D eigenvalue weighted by Crippen LogP contribution is 2.38. The average molecular weight is 579 g/mol. The minimum atomic E-state index is -4.58. The van der Waals surface area contributed by atoms with Crippen molar-refractivity contribution in [3.8, 4) is 17.6 Å². The summed E-state index contributed by atoms with van der Waals surface area (Å²) in [5, 5.41) is 6.45. The van der Waals surface area contributed by atoms with Gasteiger partial charge in [0.2, 0.25) is 0 Å². The number of halogens is 4. The molecular weight excluding hydrogens is 548 g/mol. The molecule has 2 aromatic carbocycles. The highest BCUT2D eigenvalue weighted by Gasteiger charge is 2.32. The molecule has 1 fully saturated rings. The number of likely N-dealkylation sites (tertiary alicyclic amines) is 1. The Balaban J connectivity index is 1.44. The number of aromatic nitrogens is 1. The third-order valence-electron chi connectivity index (χ3n) is 7.24. The second-order valence-electron chi connectivity index (χ2n) is 10.2. The van der Waals surface area contributed by atoms with Crippen molar-refractivity contribution in [2.45, 2.75) is 42.9 Å². The molecule has 0 saturated carbocycles. The van der Waals surface area contributed by atoms with E-state index in [9.17, 15) is 21.6 Å². The van der Waals surface area contributed by atoms with Gasteiger partial charge in [-0.05, 0) is 63.2 Å². The van der Waals surface area contributed by atoms with Crippen molar-refractivity contribution in [2.75, 3.05) is 50.2 Å². The molecule has 1 saturated heterocycles. The SMILES string of the molecule is CN1CCC(Nc2cccc3c2c(F)c(C#CCNc2ccc(S(C)(=O)=O)c4c2OCC4)n3CC(F)(F)F)CC1. The Morgan fingerprint density at radius 1 is 1.12 bits per heavy atom. The number of rotatable bonds is 6. The van der Waals surface area contributed by atoms with Gasteiger partial charge in [-0.3, -0.25) is 0 Å². The molecule has 1 aromatic heterocycles. The number of alkyl halides is 3. The second kappa shape index (κ2) is 10.9. The number of hydrogen-bond acceptors (Lipinski definition) is 6. The van der Waals surface area contributed by atoms with Gasteiger partial charge in [0.1, 0.15) is 18.0 Å². The number of hydrogen-bond donors (Lipinski definition) is 2. The van der Waals surface area contributed by atoms with Gasteiger partial charge in [-0.1, -0.05) is 12.0 Å². The second-order valence-corrected chi connectivity index (χ2v) is 12.2. The van der Waals surface area contributed by atoms with E-state index in [1.54, 1.807) is 18.2 Å². The molecular formula is C28H30F4N4O3S. The van der Waals surface area contributed by atoms with Crippen molar-refractivity contribution in [3.63, 3.8) is 0 Å². The van der Waals surface area contributed by atoms with Crippen molar-refractivity contribution in [3.05, 3.63) is 47.4 Å². The number of nitrogens with one attached hydrogen (secondary N) is 2. The number of piperidine rings is 1. The Morgan fingerprint density at radius 3 is 2.58 bits per heavy atom. The lowest BCUT2D eigenvalue weighted by atomic mass is 10.0. The van der Waals surface area contributed by atoms with E-state index in [4.69, 9.17) is 4.74 Å². The summed E-state index contributed by atoms with van der Waals surface area (Å²) in [4.78, 5) is 2.39. The summed E-state index contributed by atoms with van der Waals surface area (Å²) in [5.74, 6) is 4.95. The molecule has 214 valence electrons. The van der Waals surface area contributed by atoms with E-state index in [0.29, 0.717) is 35.7 Å². The lowest BCUT2D eigenvalue weighted by Crippen LogP contribution is -2.36. The quantitative estimate of drug-likeness (QED) is 0.328. The summed E-state index contributed by atoms with van der Waals surface area (Å²) in [6.07, 6.45) is -1.33. The van der Waals surface area contributed by atoms with Crippen LogP contribution in [0.3, 0.4) is 0 Å². The Labute approximate surface area is 230 Å². The van der Waals surface area contributed by atoms with Crippen LogP contribution in [0.1, 0.15) is 24.1 Å². The van der Waals surface area contributed by atoms with Gasteiger partial charge < -0.3 is 24.8 Å². The molecule has 40 heavy (non-hydrogen) atoms. The van der Waals surface area contributed by atoms with E-state index in [0.717, 1.165) is 36.8 Å². The van der Waals surface area contributed by atoms with Crippen LogP contribution in [0.2, 0.25) is 0 Å². The van der Waals surface area contributed by atoms with Gasteiger partial charge in [0.05, 0.1) is 34.6 Å². The topological polar surface area (TPSA) is 75.6 Å². The highest BCUT2D eigenvalue weighted by atomic mass is 32.2. The highest BCUT2D eigenvalue weighted by molar-refractivity contribution is 7.90. The Morgan fingerprint density at radius 2 is 1.88 bits per heavy atom. The molecule has 12 heteroatoms. The molecule has 3 heterocycles. The predicted molar refractivity (Wildman–Crippen MR) is 146 cm³/mol. The predicted octanol–water partition coefficient (Wildman–Crippen LogP) is 4.65. The van der Waals surface area contributed by atoms with E-state index in [-0.39, 0.29) is 34.1 Å². The summed E-state index contributed by atoms with van der Waals surface area (Å²) < 4.78 is 87.1. The molecule has 5 rings (SSSR count). The van der Waals surface area contributed by atoms with Gasteiger partial charge in [-0.15, -0.1) is 0 Å². The van der Waals surface area contributed by atoms with Crippen LogP contribution < -0.4 is 15.4 Å². The summed E-state index contributed by atoms with van der Waals surface area (Å²) in [7, 11) is -1.41. The average Bonchev–Trinajstić information content (AvgIpc) is 3.46. The van der Waals surface area contributed by atoms with Crippen molar-refractivity contribution in [1.82, 2.24) is 9.47 Å². The molecule has 0 atom stereocenters. The van der Waals surface area contributed by atoms with Gasteiger partial charge in [-0.25, -0.2) is 12.8 Å². The molecule has 3 aromatic rings. The molecule has 0 aliphatic carbocycles. The Kier molecular flexibility index (Phi) is 7.63. The van der Waals surface area contributed by atoms with E-state index in [1.807, 2.05) is 7.05 Å². The number of anilines is 2. The fourth-order valence-electron chi connectivity index (χ4n) is 5.33. The third kappa shape index (κ3) is 5.86. The molecule has 0 bridgehead atoms. The molecule has 2 aliphatic heterocycles.